The number of nitrogens with zero attached hydrogens (tertiary/aromatic N) is 3. The number of rotatable bonds is 8. The maximum Gasteiger partial charge on any atom is 0.387 e. The molecule has 1 unspecified atom stereocenters. The maximum absolute atomic E-state index is 13.2. The predicted molar refractivity (Wildman–Crippen MR) is 115 cm³/mol. The van der Waals surface area contributed by atoms with Crippen LogP contribution in [0.25, 0.3) is 16.9 Å². The van der Waals surface area contributed by atoms with Gasteiger partial charge < -0.3 is 9.47 Å². The predicted octanol–water partition coefficient (Wildman–Crippen LogP) is 4.97. The van der Waals surface area contributed by atoms with Crippen LogP contribution in [-0.2, 0) is 0 Å². The fourth-order valence-corrected chi connectivity index (χ4v) is 4.40. The third-order valence-corrected chi connectivity index (χ3v) is 6.46. The van der Waals surface area contributed by atoms with Gasteiger partial charge in [0, 0.05) is 30.8 Å². The Bertz CT molecular complexity index is 1170. The Morgan fingerprint density at radius 3 is 2.62 bits per heavy atom. The summed E-state index contributed by atoms with van der Waals surface area (Å²) >= 11 is 0. The van der Waals surface area contributed by atoms with Gasteiger partial charge in [-0.2, -0.15) is 8.78 Å². The molecular weight excluding hydrogens is 416 g/mol. The quantitative estimate of drug-likeness (QED) is 0.462. The van der Waals surface area contributed by atoms with Crippen molar-refractivity contribution in [2.45, 2.75) is 38.3 Å². The summed E-state index contributed by atoms with van der Waals surface area (Å²) in [4.78, 5) is 19.6. The second-order valence-electron chi connectivity index (χ2n) is 8.62. The molecule has 8 heteroatoms. The number of aromatic nitrogens is 2. The van der Waals surface area contributed by atoms with E-state index in [0.29, 0.717) is 29.6 Å². The van der Waals surface area contributed by atoms with Crippen LogP contribution in [0.15, 0.2) is 36.7 Å². The fourth-order valence-electron chi connectivity index (χ4n) is 4.40. The highest BCUT2D eigenvalue weighted by Gasteiger charge is 2.30. The number of hydrogen-bond acceptors (Lipinski definition) is 5. The van der Waals surface area contributed by atoms with Gasteiger partial charge in [-0.1, -0.05) is 0 Å². The molecule has 0 spiro atoms. The Hall–Kier alpha value is -3.00. The summed E-state index contributed by atoms with van der Waals surface area (Å²) in [5, 5.41) is 0. The second-order valence-corrected chi connectivity index (χ2v) is 8.62. The van der Waals surface area contributed by atoms with E-state index in [1.165, 1.54) is 18.7 Å². The zero-order chi connectivity index (χ0) is 22.4. The molecule has 1 saturated heterocycles. The van der Waals surface area contributed by atoms with Crippen molar-refractivity contribution >= 4 is 11.4 Å². The van der Waals surface area contributed by atoms with Gasteiger partial charge in [-0.05, 0) is 62.1 Å². The monoisotopic (exact) mass is 441 g/mol. The van der Waals surface area contributed by atoms with E-state index in [1.54, 1.807) is 12.3 Å². The average Bonchev–Trinajstić information content (AvgIpc) is 3.46. The smallest absolute Gasteiger partial charge is 0.387 e. The summed E-state index contributed by atoms with van der Waals surface area (Å²) in [7, 11) is 3.52. The van der Waals surface area contributed by atoms with Crippen molar-refractivity contribution in [1.82, 2.24) is 14.3 Å². The molecule has 168 valence electrons. The number of ketones is 1. The highest BCUT2D eigenvalue weighted by Crippen LogP contribution is 2.40. The highest BCUT2D eigenvalue weighted by atomic mass is 19.3. The molecule has 2 aromatic heterocycles. The minimum absolute atomic E-state index is 0.0765. The van der Waals surface area contributed by atoms with E-state index in [9.17, 15) is 13.6 Å². The van der Waals surface area contributed by atoms with Crippen molar-refractivity contribution in [1.29, 1.82) is 0 Å². The van der Waals surface area contributed by atoms with Crippen molar-refractivity contribution in [2.24, 2.45) is 5.92 Å². The number of ether oxygens (including phenoxy) is 2. The van der Waals surface area contributed by atoms with Gasteiger partial charge in [0.05, 0.1) is 19.0 Å². The maximum atomic E-state index is 13.2. The Balaban J connectivity index is 1.56. The third-order valence-electron chi connectivity index (χ3n) is 6.46. The first-order valence-corrected chi connectivity index (χ1v) is 10.8. The number of pyridine rings is 1. The lowest BCUT2D eigenvalue weighted by Gasteiger charge is -2.38. The number of likely N-dealkylation sites (tertiary alicyclic amines) is 1. The molecule has 2 fully saturated rings. The number of imidazole rings is 1. The molecule has 0 bridgehead atoms. The SMILES string of the molecule is COc1cc(-c2cnc3cc(C4CCN4C)ccn23)cc(OC(F)F)c1C(=O)CC1CC1. The van der Waals surface area contributed by atoms with Gasteiger partial charge in [-0.25, -0.2) is 4.98 Å². The average molecular weight is 441 g/mol. The number of methoxy groups -OCH3 is 1. The van der Waals surface area contributed by atoms with Gasteiger partial charge in [0.1, 0.15) is 22.7 Å². The summed E-state index contributed by atoms with van der Waals surface area (Å²) < 4.78 is 38.5. The first-order valence-electron chi connectivity index (χ1n) is 10.8. The number of benzene rings is 1. The number of carbonyl (C=O) groups is 1. The molecule has 1 aliphatic heterocycles. The van der Waals surface area contributed by atoms with Gasteiger partial charge in [-0.15, -0.1) is 0 Å². The highest BCUT2D eigenvalue weighted by molar-refractivity contribution is 6.02. The molecule has 5 rings (SSSR count). The van der Waals surface area contributed by atoms with Crippen LogP contribution in [0.3, 0.4) is 0 Å². The van der Waals surface area contributed by atoms with Crippen molar-refractivity contribution in [2.75, 3.05) is 20.7 Å². The Morgan fingerprint density at radius 2 is 2.00 bits per heavy atom. The standard InChI is InChI=1S/C24H25F2N3O3/c1-28-7-6-17(28)15-5-8-29-18(13-27-22(29)12-15)16-10-20(31-2)23(19(30)9-14-3-4-14)21(11-16)32-24(25)26/h5,8,10-14,17,24H,3-4,6-7,9H2,1-2H3. The largest absolute Gasteiger partial charge is 0.496 e. The normalized spacial score (nSPS) is 18.7. The molecule has 1 atom stereocenters. The number of Topliss-reactive ketones (excluding diaryl/α,β-unsaturated/α-hetero) is 1. The van der Waals surface area contributed by atoms with E-state index in [0.717, 1.165) is 31.5 Å². The van der Waals surface area contributed by atoms with Crippen molar-refractivity contribution < 1.29 is 23.0 Å². The van der Waals surface area contributed by atoms with E-state index in [2.05, 4.69) is 23.0 Å². The molecule has 3 heterocycles. The molecule has 2 aliphatic rings. The van der Waals surface area contributed by atoms with Crippen LogP contribution in [0.5, 0.6) is 11.5 Å². The van der Waals surface area contributed by atoms with Crippen LogP contribution >= 0.6 is 0 Å². The van der Waals surface area contributed by atoms with Crippen LogP contribution in [0.1, 0.15) is 47.6 Å². The molecule has 1 saturated carbocycles. The van der Waals surface area contributed by atoms with Gasteiger partial charge >= 0.3 is 6.61 Å². The molecule has 6 nitrogen and oxygen atoms in total. The molecule has 0 radical (unpaired) electrons. The van der Waals surface area contributed by atoms with Crippen molar-refractivity contribution in [3.8, 4) is 22.8 Å². The number of hydrogen-bond donors (Lipinski definition) is 0. The molecule has 0 amide bonds. The first-order chi connectivity index (χ1) is 15.4. The Kier molecular flexibility index (Phi) is 5.33. The van der Waals surface area contributed by atoms with Gasteiger partial charge in [0.25, 0.3) is 0 Å². The molecule has 1 aromatic carbocycles. The van der Waals surface area contributed by atoms with Crippen molar-refractivity contribution in [3.63, 3.8) is 0 Å². The Morgan fingerprint density at radius 1 is 1.22 bits per heavy atom. The number of carbonyl (C=O) groups excluding carboxylic acids is 1. The number of alkyl halides is 2. The summed E-state index contributed by atoms with van der Waals surface area (Å²) in [6.07, 6.45) is 7.02. The van der Waals surface area contributed by atoms with Crippen LogP contribution in [0.2, 0.25) is 0 Å². The van der Waals surface area contributed by atoms with E-state index in [-0.39, 0.29) is 22.8 Å². The summed E-state index contributed by atoms with van der Waals surface area (Å²) in [6, 6.07) is 7.66. The van der Waals surface area contributed by atoms with Crippen molar-refractivity contribution in [3.05, 3.63) is 47.8 Å². The summed E-state index contributed by atoms with van der Waals surface area (Å²) in [5.41, 5.74) is 3.33. The van der Waals surface area contributed by atoms with E-state index >= 15 is 0 Å². The topological polar surface area (TPSA) is 56.1 Å². The number of halogens is 2. The molecule has 3 aromatic rings. The van der Waals surface area contributed by atoms with Crippen LogP contribution < -0.4 is 9.47 Å². The lowest BCUT2D eigenvalue weighted by molar-refractivity contribution is -0.0502. The van der Waals surface area contributed by atoms with E-state index in [4.69, 9.17) is 9.47 Å². The zero-order valence-electron chi connectivity index (χ0n) is 18.1. The molecule has 0 N–H and O–H groups in total. The fraction of sp³-hybridized carbons (Fsp3) is 0.417. The first kappa shape index (κ1) is 20.9. The van der Waals surface area contributed by atoms with Crippen LogP contribution in [-0.4, -0.2) is 47.4 Å². The van der Waals surface area contributed by atoms with Crippen LogP contribution in [0, 0.1) is 5.92 Å². The molecule has 1 aliphatic carbocycles. The summed E-state index contributed by atoms with van der Waals surface area (Å²) in [6.45, 7) is -1.97. The summed E-state index contributed by atoms with van der Waals surface area (Å²) in [5.74, 6) is 0.141. The zero-order valence-corrected chi connectivity index (χ0v) is 18.1. The lowest BCUT2D eigenvalue weighted by Crippen LogP contribution is -2.37. The van der Waals surface area contributed by atoms with E-state index < -0.39 is 6.61 Å². The third kappa shape index (κ3) is 3.83. The number of fused-ring (bicyclic) bond motifs is 1. The molecule has 32 heavy (non-hydrogen) atoms. The Labute approximate surface area is 184 Å². The van der Waals surface area contributed by atoms with Gasteiger partial charge in [0.2, 0.25) is 0 Å². The molecular formula is C24H25F2N3O3. The minimum atomic E-state index is -3.05. The minimum Gasteiger partial charge on any atom is -0.496 e. The van der Waals surface area contributed by atoms with Gasteiger partial charge in [0.15, 0.2) is 5.78 Å². The second kappa shape index (κ2) is 8.16. The van der Waals surface area contributed by atoms with E-state index in [1.807, 2.05) is 16.7 Å². The lowest BCUT2D eigenvalue weighted by atomic mass is 9.96. The van der Waals surface area contributed by atoms with Crippen LogP contribution in [0.4, 0.5) is 8.78 Å². The van der Waals surface area contributed by atoms with Gasteiger partial charge in [-0.3, -0.25) is 14.1 Å².